The number of nitrogens with one attached hydrogen (secondary N) is 2. The number of hydrogen-bond donors (Lipinski definition) is 4. The predicted octanol–water partition coefficient (Wildman–Crippen LogP) is 1.18. The molecule has 0 aliphatic carbocycles. The lowest BCUT2D eigenvalue weighted by atomic mass is 9.87. The highest BCUT2D eigenvalue weighted by Gasteiger charge is 2.34. The van der Waals surface area contributed by atoms with E-state index in [-0.39, 0.29) is 25.5 Å². The molecule has 8 heteroatoms. The summed E-state index contributed by atoms with van der Waals surface area (Å²) in [5, 5.41) is 15.4. The van der Waals surface area contributed by atoms with Gasteiger partial charge in [-0.2, -0.15) is 12.6 Å². The van der Waals surface area contributed by atoms with Crippen molar-refractivity contribution in [1.29, 1.82) is 0 Å². The average molecular weight is 409 g/mol. The Morgan fingerprint density at radius 1 is 1.18 bits per heavy atom. The van der Waals surface area contributed by atoms with Gasteiger partial charge in [0.25, 0.3) is 0 Å². The van der Waals surface area contributed by atoms with Crippen LogP contribution in [0.2, 0.25) is 0 Å². The smallest absolute Gasteiger partial charge is 0.330 e. The molecule has 0 saturated carbocycles. The SMILES string of the molecule is CC(C)(COC(=O)/C=C/c1ccccc1)C(O)C(=O)NCCC(=O)NCCS. The van der Waals surface area contributed by atoms with Gasteiger partial charge in [0.2, 0.25) is 11.8 Å². The van der Waals surface area contributed by atoms with Gasteiger partial charge in [-0.15, -0.1) is 0 Å². The molecule has 1 rings (SSSR count). The number of benzene rings is 1. The van der Waals surface area contributed by atoms with Crippen LogP contribution in [0.25, 0.3) is 6.08 Å². The van der Waals surface area contributed by atoms with Gasteiger partial charge in [0.05, 0.1) is 6.61 Å². The van der Waals surface area contributed by atoms with Gasteiger partial charge in [-0.25, -0.2) is 4.79 Å². The van der Waals surface area contributed by atoms with Crippen LogP contribution >= 0.6 is 12.6 Å². The maximum absolute atomic E-state index is 12.1. The van der Waals surface area contributed by atoms with E-state index in [9.17, 15) is 19.5 Å². The number of ether oxygens (including phenoxy) is 1. The first-order chi connectivity index (χ1) is 13.3. The molecule has 3 N–H and O–H groups in total. The lowest BCUT2D eigenvalue weighted by molar-refractivity contribution is -0.149. The monoisotopic (exact) mass is 408 g/mol. The first-order valence-electron chi connectivity index (χ1n) is 8.99. The zero-order valence-electron chi connectivity index (χ0n) is 16.2. The number of thiol groups is 1. The van der Waals surface area contributed by atoms with Crippen LogP contribution < -0.4 is 10.6 Å². The first-order valence-corrected chi connectivity index (χ1v) is 9.62. The van der Waals surface area contributed by atoms with Crippen molar-refractivity contribution < 1.29 is 24.2 Å². The summed E-state index contributed by atoms with van der Waals surface area (Å²) in [6.45, 7) is 3.65. The molecule has 0 radical (unpaired) electrons. The van der Waals surface area contributed by atoms with Gasteiger partial charge >= 0.3 is 5.97 Å². The summed E-state index contributed by atoms with van der Waals surface area (Å²) in [4.78, 5) is 35.4. The first kappa shape index (κ1) is 23.7. The van der Waals surface area contributed by atoms with Crippen LogP contribution in [0.4, 0.5) is 0 Å². The summed E-state index contributed by atoms with van der Waals surface area (Å²) in [7, 11) is 0. The summed E-state index contributed by atoms with van der Waals surface area (Å²) >= 11 is 3.99. The van der Waals surface area contributed by atoms with Crippen molar-refractivity contribution >= 4 is 36.5 Å². The fourth-order valence-corrected chi connectivity index (χ4v) is 2.26. The Kier molecular flexibility index (Phi) is 10.3. The van der Waals surface area contributed by atoms with E-state index in [2.05, 4.69) is 23.3 Å². The molecule has 0 fully saturated rings. The largest absolute Gasteiger partial charge is 0.462 e. The Balaban J connectivity index is 2.40. The molecule has 0 aromatic heterocycles. The van der Waals surface area contributed by atoms with Gasteiger partial charge in [-0.3, -0.25) is 9.59 Å². The van der Waals surface area contributed by atoms with Crippen LogP contribution in [-0.2, 0) is 19.1 Å². The number of amides is 2. The molecule has 1 unspecified atom stereocenters. The van der Waals surface area contributed by atoms with E-state index in [1.807, 2.05) is 30.3 Å². The molecular weight excluding hydrogens is 380 g/mol. The van der Waals surface area contributed by atoms with Crippen LogP contribution in [0.5, 0.6) is 0 Å². The van der Waals surface area contributed by atoms with E-state index < -0.39 is 23.4 Å². The second-order valence-corrected chi connectivity index (χ2v) is 7.30. The summed E-state index contributed by atoms with van der Waals surface area (Å²) < 4.78 is 5.15. The summed E-state index contributed by atoms with van der Waals surface area (Å²) in [5.74, 6) is -0.861. The molecule has 1 aromatic carbocycles. The van der Waals surface area contributed by atoms with Gasteiger partial charge in [0.15, 0.2) is 0 Å². The number of esters is 1. The highest BCUT2D eigenvalue weighted by Crippen LogP contribution is 2.21. The normalized spacial score (nSPS) is 12.4. The Morgan fingerprint density at radius 2 is 1.86 bits per heavy atom. The van der Waals surface area contributed by atoms with E-state index in [1.54, 1.807) is 19.9 Å². The van der Waals surface area contributed by atoms with E-state index in [4.69, 9.17) is 4.74 Å². The van der Waals surface area contributed by atoms with Crippen LogP contribution in [0.1, 0.15) is 25.8 Å². The van der Waals surface area contributed by atoms with Crippen molar-refractivity contribution in [2.45, 2.75) is 26.4 Å². The third-order valence-corrected chi connectivity index (χ3v) is 4.10. The van der Waals surface area contributed by atoms with Gasteiger partial charge in [-0.05, 0) is 11.6 Å². The minimum atomic E-state index is -1.39. The minimum Gasteiger partial charge on any atom is -0.462 e. The summed E-state index contributed by atoms with van der Waals surface area (Å²) in [6.07, 6.45) is 1.63. The number of carbonyl (C=O) groups excluding carboxylic acids is 3. The van der Waals surface area contributed by atoms with E-state index in [0.717, 1.165) is 5.56 Å². The Hall–Kier alpha value is -2.32. The maximum Gasteiger partial charge on any atom is 0.330 e. The molecule has 1 atom stereocenters. The van der Waals surface area contributed by atoms with Crippen LogP contribution in [0.3, 0.4) is 0 Å². The molecule has 28 heavy (non-hydrogen) atoms. The van der Waals surface area contributed by atoms with Gasteiger partial charge in [-0.1, -0.05) is 44.2 Å². The number of aliphatic hydroxyl groups excluding tert-OH is 1. The van der Waals surface area contributed by atoms with Crippen molar-refractivity contribution in [3.63, 3.8) is 0 Å². The lowest BCUT2D eigenvalue weighted by Gasteiger charge is -2.28. The number of rotatable bonds is 11. The van der Waals surface area contributed by atoms with Crippen LogP contribution in [0, 0.1) is 5.41 Å². The molecule has 154 valence electrons. The summed E-state index contributed by atoms with van der Waals surface area (Å²) in [6, 6.07) is 9.28. The zero-order valence-corrected chi connectivity index (χ0v) is 17.1. The predicted molar refractivity (Wildman–Crippen MR) is 111 cm³/mol. The fraction of sp³-hybridized carbons (Fsp3) is 0.450. The molecule has 0 aliphatic rings. The third kappa shape index (κ3) is 9.05. The van der Waals surface area contributed by atoms with Crippen molar-refractivity contribution in [2.75, 3.05) is 25.4 Å². The average Bonchev–Trinajstić information content (AvgIpc) is 2.69. The molecule has 0 bridgehead atoms. The Labute approximate surface area is 170 Å². The number of aliphatic hydroxyl groups is 1. The summed E-state index contributed by atoms with van der Waals surface area (Å²) in [5.41, 5.74) is -0.134. The van der Waals surface area contributed by atoms with Gasteiger partial charge in [0.1, 0.15) is 6.10 Å². The van der Waals surface area contributed by atoms with Crippen molar-refractivity contribution in [3.05, 3.63) is 42.0 Å². The van der Waals surface area contributed by atoms with Crippen molar-refractivity contribution in [3.8, 4) is 0 Å². The highest BCUT2D eigenvalue weighted by atomic mass is 32.1. The topological polar surface area (TPSA) is 105 Å². The molecular formula is C20H28N2O5S. The Bertz CT molecular complexity index is 676. The molecule has 1 aromatic rings. The molecule has 0 heterocycles. The van der Waals surface area contributed by atoms with E-state index >= 15 is 0 Å². The minimum absolute atomic E-state index is 0.101. The maximum atomic E-state index is 12.1. The number of hydrogen-bond acceptors (Lipinski definition) is 6. The Morgan fingerprint density at radius 3 is 2.50 bits per heavy atom. The quantitative estimate of drug-likeness (QED) is 0.250. The third-order valence-electron chi connectivity index (χ3n) is 3.87. The fourth-order valence-electron chi connectivity index (χ4n) is 2.15. The molecule has 0 aliphatic heterocycles. The standard InChI is InChI=1S/C20H28N2O5S/c1-20(2,14-27-17(24)9-8-15-6-4-3-5-7-15)18(25)19(26)22-11-10-16(23)21-12-13-28/h3-9,18,25,28H,10-14H2,1-2H3,(H,21,23)(H,22,26)/b9-8+. The van der Waals surface area contributed by atoms with Crippen molar-refractivity contribution in [1.82, 2.24) is 10.6 Å². The van der Waals surface area contributed by atoms with Crippen molar-refractivity contribution in [2.24, 2.45) is 5.41 Å². The van der Waals surface area contributed by atoms with E-state index in [1.165, 1.54) is 6.08 Å². The molecule has 0 spiro atoms. The highest BCUT2D eigenvalue weighted by molar-refractivity contribution is 7.80. The van der Waals surface area contributed by atoms with Gasteiger partial charge in [0, 0.05) is 36.8 Å². The molecule has 0 saturated heterocycles. The van der Waals surface area contributed by atoms with E-state index in [0.29, 0.717) is 12.3 Å². The second kappa shape index (κ2) is 12.2. The molecule has 2 amide bonds. The second-order valence-electron chi connectivity index (χ2n) is 6.86. The van der Waals surface area contributed by atoms with Crippen LogP contribution in [0.15, 0.2) is 36.4 Å². The zero-order chi connectivity index (χ0) is 21.0. The van der Waals surface area contributed by atoms with Crippen LogP contribution in [-0.4, -0.2) is 54.4 Å². The molecule has 7 nitrogen and oxygen atoms in total. The lowest BCUT2D eigenvalue weighted by Crippen LogP contribution is -2.46. The van der Waals surface area contributed by atoms with Gasteiger partial charge < -0.3 is 20.5 Å². The number of carbonyl (C=O) groups is 3.